The van der Waals surface area contributed by atoms with Crippen molar-refractivity contribution < 1.29 is 14.3 Å². The number of methoxy groups -OCH3 is 1. The Balaban J connectivity index is 1.53. The molecule has 0 fully saturated rings. The molecule has 0 saturated carbocycles. The molecule has 0 spiro atoms. The van der Waals surface area contributed by atoms with Gasteiger partial charge in [-0.1, -0.05) is 23.4 Å². The third kappa shape index (κ3) is 6.28. The van der Waals surface area contributed by atoms with Gasteiger partial charge in [0.05, 0.1) is 31.4 Å². The Morgan fingerprint density at radius 3 is 2.78 bits per heavy atom. The van der Waals surface area contributed by atoms with Crippen LogP contribution in [0.3, 0.4) is 0 Å². The standard InChI is InChI=1S/C20H22ClN7O3S/c1-3-31-15-7-4-13(5-8-15)11-23-25-19-26-27-20(28(19)22)32-12-18(29)24-16-10-14(21)6-9-17(16)30-2/h4-11H,3,12,22H2,1-2H3,(H,24,29)(H,25,26)/b23-11+. The van der Waals surface area contributed by atoms with Crippen LogP contribution in [0, 0.1) is 0 Å². The number of amides is 1. The van der Waals surface area contributed by atoms with Gasteiger partial charge in [0, 0.05) is 5.02 Å². The first-order valence-electron chi connectivity index (χ1n) is 9.48. The molecule has 3 rings (SSSR count). The lowest BCUT2D eigenvalue weighted by Gasteiger charge is -2.10. The number of carbonyl (C=O) groups excluding carboxylic acids is 1. The van der Waals surface area contributed by atoms with Crippen molar-refractivity contribution >= 4 is 47.1 Å². The number of nitrogens with one attached hydrogen (secondary N) is 2. The van der Waals surface area contributed by atoms with E-state index in [1.165, 1.54) is 11.8 Å². The molecule has 0 aliphatic heterocycles. The van der Waals surface area contributed by atoms with Gasteiger partial charge in [-0.15, -0.1) is 10.2 Å². The molecular weight excluding hydrogens is 454 g/mol. The summed E-state index contributed by atoms with van der Waals surface area (Å²) in [6.07, 6.45) is 1.61. The Morgan fingerprint density at radius 2 is 2.06 bits per heavy atom. The molecule has 32 heavy (non-hydrogen) atoms. The number of hydrogen-bond acceptors (Lipinski definition) is 9. The maximum atomic E-state index is 12.3. The van der Waals surface area contributed by atoms with E-state index in [2.05, 4.69) is 26.0 Å². The smallest absolute Gasteiger partial charge is 0.264 e. The van der Waals surface area contributed by atoms with Gasteiger partial charge in [0.25, 0.3) is 5.95 Å². The molecule has 10 nitrogen and oxygen atoms in total. The van der Waals surface area contributed by atoms with E-state index in [9.17, 15) is 4.79 Å². The van der Waals surface area contributed by atoms with Crippen LogP contribution in [-0.2, 0) is 4.79 Å². The summed E-state index contributed by atoms with van der Waals surface area (Å²) in [4.78, 5) is 12.3. The molecule has 3 aromatic rings. The molecule has 12 heteroatoms. The summed E-state index contributed by atoms with van der Waals surface area (Å²) >= 11 is 7.10. The maximum Gasteiger partial charge on any atom is 0.264 e. The minimum Gasteiger partial charge on any atom is -0.495 e. The fourth-order valence-corrected chi connectivity index (χ4v) is 3.36. The van der Waals surface area contributed by atoms with E-state index in [1.807, 2.05) is 31.2 Å². The van der Waals surface area contributed by atoms with Crippen molar-refractivity contribution in [3.8, 4) is 11.5 Å². The van der Waals surface area contributed by atoms with E-state index < -0.39 is 0 Å². The predicted molar refractivity (Wildman–Crippen MR) is 126 cm³/mol. The molecule has 0 aliphatic carbocycles. The summed E-state index contributed by atoms with van der Waals surface area (Å²) in [5.41, 5.74) is 4.07. The number of benzene rings is 2. The number of nitrogens with zero attached hydrogens (tertiary/aromatic N) is 4. The third-order valence-corrected chi connectivity index (χ3v) is 5.18. The van der Waals surface area contributed by atoms with Gasteiger partial charge in [0.15, 0.2) is 0 Å². The van der Waals surface area contributed by atoms with Crippen molar-refractivity contribution in [2.45, 2.75) is 12.1 Å². The minimum atomic E-state index is -0.276. The highest BCUT2D eigenvalue weighted by molar-refractivity contribution is 7.99. The summed E-state index contributed by atoms with van der Waals surface area (Å²) in [6.45, 7) is 2.54. The molecule has 0 saturated heterocycles. The predicted octanol–water partition coefficient (Wildman–Crippen LogP) is 3.23. The van der Waals surface area contributed by atoms with Gasteiger partial charge in [-0.25, -0.2) is 10.1 Å². The number of rotatable bonds is 10. The van der Waals surface area contributed by atoms with Gasteiger partial charge < -0.3 is 20.6 Å². The summed E-state index contributed by atoms with van der Waals surface area (Å²) in [5, 5.41) is 15.6. The summed E-state index contributed by atoms with van der Waals surface area (Å²) in [5.74, 6) is 7.29. The molecule has 1 amide bonds. The number of carbonyl (C=O) groups is 1. The Morgan fingerprint density at radius 1 is 1.28 bits per heavy atom. The Labute approximate surface area is 194 Å². The summed E-state index contributed by atoms with van der Waals surface area (Å²) < 4.78 is 11.8. The second-order valence-corrected chi connectivity index (χ2v) is 7.61. The average Bonchev–Trinajstić information content (AvgIpc) is 3.13. The second-order valence-electron chi connectivity index (χ2n) is 6.23. The molecule has 0 radical (unpaired) electrons. The highest BCUT2D eigenvalue weighted by Crippen LogP contribution is 2.28. The highest BCUT2D eigenvalue weighted by Gasteiger charge is 2.13. The quantitative estimate of drug-likeness (QED) is 0.176. The minimum absolute atomic E-state index is 0.0560. The van der Waals surface area contributed by atoms with Crippen LogP contribution in [0.1, 0.15) is 12.5 Å². The molecule has 2 aromatic carbocycles. The Kier molecular flexibility index (Phi) is 8.17. The van der Waals surface area contributed by atoms with Crippen LogP contribution >= 0.6 is 23.4 Å². The number of thioether (sulfide) groups is 1. The van der Waals surface area contributed by atoms with Crippen LogP contribution in [0.4, 0.5) is 11.6 Å². The SMILES string of the molecule is CCOc1ccc(/C=N/Nc2nnc(SCC(=O)Nc3cc(Cl)ccc3OC)n2N)cc1. The van der Waals surface area contributed by atoms with Crippen LogP contribution < -0.4 is 26.1 Å². The number of aromatic nitrogens is 3. The van der Waals surface area contributed by atoms with Crippen molar-refractivity contribution in [1.82, 2.24) is 14.9 Å². The number of halogens is 1. The van der Waals surface area contributed by atoms with Gasteiger partial charge in [0.2, 0.25) is 11.1 Å². The number of hydrazone groups is 1. The van der Waals surface area contributed by atoms with Gasteiger partial charge in [-0.05, 0) is 55.0 Å². The molecule has 168 valence electrons. The first kappa shape index (κ1) is 23.2. The first-order valence-corrected chi connectivity index (χ1v) is 10.8. The van der Waals surface area contributed by atoms with Crippen LogP contribution in [0.25, 0.3) is 0 Å². The zero-order valence-electron chi connectivity index (χ0n) is 17.4. The molecular formula is C20H22ClN7O3S. The zero-order valence-corrected chi connectivity index (χ0v) is 19.0. The average molecular weight is 476 g/mol. The van der Waals surface area contributed by atoms with Crippen molar-refractivity contribution in [3.63, 3.8) is 0 Å². The fraction of sp³-hybridized carbons (Fsp3) is 0.200. The molecule has 0 bridgehead atoms. The number of nitrogen functional groups attached to an aromatic ring is 1. The van der Waals surface area contributed by atoms with Crippen molar-refractivity contribution in [3.05, 3.63) is 53.1 Å². The van der Waals surface area contributed by atoms with Crippen LogP contribution in [0.2, 0.25) is 5.02 Å². The second kappa shape index (κ2) is 11.3. The van der Waals surface area contributed by atoms with Crippen molar-refractivity contribution in [2.24, 2.45) is 5.10 Å². The maximum absolute atomic E-state index is 12.3. The molecule has 0 unspecified atom stereocenters. The summed E-state index contributed by atoms with van der Waals surface area (Å²) in [6, 6.07) is 12.4. The van der Waals surface area contributed by atoms with E-state index in [-0.39, 0.29) is 17.6 Å². The number of anilines is 2. The van der Waals surface area contributed by atoms with E-state index in [0.717, 1.165) is 23.1 Å². The van der Waals surface area contributed by atoms with Gasteiger partial charge >= 0.3 is 0 Å². The monoisotopic (exact) mass is 475 g/mol. The topological polar surface area (TPSA) is 129 Å². The van der Waals surface area contributed by atoms with Crippen LogP contribution in [0.5, 0.6) is 11.5 Å². The van der Waals surface area contributed by atoms with Crippen LogP contribution in [-0.4, -0.2) is 46.5 Å². The number of hydrogen-bond donors (Lipinski definition) is 3. The van der Waals surface area contributed by atoms with Gasteiger partial charge in [-0.3, -0.25) is 4.79 Å². The normalized spacial score (nSPS) is 10.8. The van der Waals surface area contributed by atoms with E-state index in [4.69, 9.17) is 26.9 Å². The Bertz CT molecular complexity index is 1090. The van der Waals surface area contributed by atoms with Crippen LogP contribution in [0.15, 0.2) is 52.7 Å². The van der Waals surface area contributed by atoms with E-state index in [0.29, 0.717) is 28.2 Å². The lowest BCUT2D eigenvalue weighted by atomic mass is 10.2. The van der Waals surface area contributed by atoms with E-state index in [1.54, 1.807) is 24.4 Å². The molecule has 1 aromatic heterocycles. The lowest BCUT2D eigenvalue weighted by Crippen LogP contribution is -2.17. The Hall–Kier alpha value is -3.44. The molecule has 4 N–H and O–H groups in total. The third-order valence-electron chi connectivity index (χ3n) is 4.00. The molecule has 1 heterocycles. The number of nitrogens with two attached hydrogens (primary N) is 1. The zero-order chi connectivity index (χ0) is 22.9. The molecule has 0 aliphatic rings. The summed E-state index contributed by atoms with van der Waals surface area (Å²) in [7, 11) is 1.51. The number of ether oxygens (including phenoxy) is 2. The van der Waals surface area contributed by atoms with Gasteiger partial charge in [0.1, 0.15) is 11.5 Å². The highest BCUT2D eigenvalue weighted by atomic mass is 35.5. The molecule has 0 atom stereocenters. The van der Waals surface area contributed by atoms with Gasteiger partial charge in [-0.2, -0.15) is 5.10 Å². The van der Waals surface area contributed by atoms with Crippen molar-refractivity contribution in [1.29, 1.82) is 0 Å². The van der Waals surface area contributed by atoms with E-state index >= 15 is 0 Å². The van der Waals surface area contributed by atoms with Crippen molar-refractivity contribution in [2.75, 3.05) is 36.1 Å². The fourth-order valence-electron chi connectivity index (χ4n) is 2.53. The lowest BCUT2D eigenvalue weighted by molar-refractivity contribution is -0.113. The largest absolute Gasteiger partial charge is 0.495 e. The first-order chi connectivity index (χ1) is 15.5.